The number of rotatable bonds is 6. The fourth-order valence-electron chi connectivity index (χ4n) is 4.51. The topological polar surface area (TPSA) is 88.2 Å². The van der Waals surface area contributed by atoms with Gasteiger partial charge in [-0.15, -0.1) is 24.8 Å². The van der Waals surface area contributed by atoms with Gasteiger partial charge in [-0.2, -0.15) is 0 Å². The molecule has 2 atom stereocenters. The van der Waals surface area contributed by atoms with Gasteiger partial charge in [-0.1, -0.05) is 24.3 Å². The Morgan fingerprint density at radius 3 is 2.42 bits per heavy atom. The lowest BCUT2D eigenvalue weighted by Crippen LogP contribution is -2.43. The number of hydrogen-bond donors (Lipinski definition) is 3. The predicted molar refractivity (Wildman–Crippen MR) is 126 cm³/mol. The van der Waals surface area contributed by atoms with Gasteiger partial charge in [-0.05, 0) is 55.6 Å². The predicted octanol–water partition coefficient (Wildman–Crippen LogP) is 3.67. The van der Waals surface area contributed by atoms with Crippen LogP contribution >= 0.6 is 24.8 Å². The van der Waals surface area contributed by atoms with E-state index in [0.29, 0.717) is 25.5 Å². The fraction of sp³-hybridized carbons (Fsp3) is 0.478. The molecular weight excluding hydrogens is 439 g/mol. The van der Waals surface area contributed by atoms with Crippen LogP contribution in [0.1, 0.15) is 30.1 Å². The van der Waals surface area contributed by atoms with E-state index in [4.69, 9.17) is 15.2 Å². The molecule has 0 amide bonds. The summed E-state index contributed by atoms with van der Waals surface area (Å²) in [5.74, 6) is 1.23. The molecule has 6 nitrogen and oxygen atoms in total. The summed E-state index contributed by atoms with van der Waals surface area (Å²) in [4.78, 5) is 2.43. The number of fused-ring (bicyclic) bond motifs is 1. The number of likely N-dealkylation sites (tertiary alicyclic amines) is 1. The van der Waals surface area contributed by atoms with Crippen molar-refractivity contribution in [3.63, 3.8) is 0 Å². The average Bonchev–Trinajstić information content (AvgIpc) is 2.77. The van der Waals surface area contributed by atoms with Gasteiger partial charge < -0.3 is 25.4 Å². The van der Waals surface area contributed by atoms with Gasteiger partial charge in [0.25, 0.3) is 0 Å². The molecule has 0 saturated carbocycles. The maximum Gasteiger partial charge on any atom is 0.161 e. The molecule has 4 rings (SSSR count). The smallest absolute Gasteiger partial charge is 0.161 e. The van der Waals surface area contributed by atoms with Gasteiger partial charge in [0.2, 0.25) is 0 Å². The minimum absolute atomic E-state index is 0. The number of phenols is 2. The van der Waals surface area contributed by atoms with Crippen LogP contribution in [-0.2, 0) is 11.2 Å². The number of para-hydroxylation sites is 1. The van der Waals surface area contributed by atoms with Crippen LogP contribution < -0.4 is 10.5 Å². The van der Waals surface area contributed by atoms with Gasteiger partial charge in [-0.25, -0.2) is 0 Å². The van der Waals surface area contributed by atoms with Crippen LogP contribution in [-0.4, -0.2) is 54.0 Å². The summed E-state index contributed by atoms with van der Waals surface area (Å²) in [7, 11) is 0. The molecule has 2 heterocycles. The Balaban J connectivity index is 0.00000171. The number of hydrogen-bond acceptors (Lipinski definition) is 6. The van der Waals surface area contributed by atoms with Crippen LogP contribution in [0.15, 0.2) is 42.5 Å². The molecule has 8 heteroatoms. The first-order chi connectivity index (χ1) is 14.2. The quantitative estimate of drug-likeness (QED) is 0.558. The number of aromatic hydroxyl groups is 2. The van der Waals surface area contributed by atoms with Crippen molar-refractivity contribution >= 4 is 24.8 Å². The van der Waals surface area contributed by atoms with Crippen molar-refractivity contribution in [2.24, 2.45) is 11.7 Å². The molecule has 2 aliphatic rings. The van der Waals surface area contributed by atoms with Gasteiger partial charge in [0.05, 0.1) is 12.2 Å². The number of nitrogens with two attached hydrogens (primary N) is 1. The lowest BCUT2D eigenvalue weighted by atomic mass is 9.83. The average molecular weight is 471 g/mol. The zero-order chi connectivity index (χ0) is 20.2. The molecule has 2 aliphatic heterocycles. The molecule has 31 heavy (non-hydrogen) atoms. The summed E-state index contributed by atoms with van der Waals surface area (Å²) >= 11 is 0. The Hall–Kier alpha value is -1.70. The maximum atomic E-state index is 10.3. The molecule has 0 aromatic heterocycles. The Kier molecular flexibility index (Phi) is 9.72. The highest BCUT2D eigenvalue weighted by Gasteiger charge is 2.35. The van der Waals surface area contributed by atoms with E-state index in [1.165, 1.54) is 6.07 Å². The van der Waals surface area contributed by atoms with Crippen molar-refractivity contribution in [1.82, 2.24) is 4.90 Å². The summed E-state index contributed by atoms with van der Waals surface area (Å²) in [5, 5.41) is 20.2. The summed E-state index contributed by atoms with van der Waals surface area (Å²) < 4.78 is 12.1. The van der Waals surface area contributed by atoms with E-state index in [-0.39, 0.29) is 48.5 Å². The fourth-order valence-corrected chi connectivity index (χ4v) is 4.51. The van der Waals surface area contributed by atoms with E-state index in [2.05, 4.69) is 4.90 Å². The van der Waals surface area contributed by atoms with Gasteiger partial charge in [-0.3, -0.25) is 4.90 Å². The van der Waals surface area contributed by atoms with Gasteiger partial charge in [0.1, 0.15) is 12.4 Å². The van der Waals surface area contributed by atoms with Gasteiger partial charge >= 0.3 is 0 Å². The van der Waals surface area contributed by atoms with Crippen LogP contribution in [0.2, 0.25) is 0 Å². The standard InChI is InChI=1S/C23H30N2O4.2ClH/c24-15-22-18-6-7-20(26)23(27)19(18)14-21(29-22)16-8-10-25(11-9-16)12-13-28-17-4-2-1-3-5-17;;/h1-7,16,21-22,26-27H,8-15,24H2;2*1H/t21-,22-;;/m0../s1. The first-order valence-electron chi connectivity index (χ1n) is 10.4. The molecule has 1 saturated heterocycles. The summed E-state index contributed by atoms with van der Waals surface area (Å²) in [6.45, 7) is 3.98. The van der Waals surface area contributed by atoms with E-state index in [1.807, 2.05) is 36.4 Å². The van der Waals surface area contributed by atoms with Gasteiger partial charge in [0, 0.05) is 25.1 Å². The van der Waals surface area contributed by atoms with Crippen molar-refractivity contribution in [2.45, 2.75) is 31.5 Å². The van der Waals surface area contributed by atoms with Crippen molar-refractivity contribution in [3.8, 4) is 17.2 Å². The summed E-state index contributed by atoms with van der Waals surface area (Å²) in [6.07, 6.45) is 2.50. The lowest BCUT2D eigenvalue weighted by Gasteiger charge is -2.40. The maximum absolute atomic E-state index is 10.3. The van der Waals surface area contributed by atoms with Crippen molar-refractivity contribution < 1.29 is 19.7 Å². The molecule has 0 bridgehead atoms. The largest absolute Gasteiger partial charge is 0.504 e. The van der Waals surface area contributed by atoms with Crippen molar-refractivity contribution in [3.05, 3.63) is 53.6 Å². The first-order valence-corrected chi connectivity index (χ1v) is 10.4. The van der Waals surface area contributed by atoms with E-state index < -0.39 is 0 Å². The van der Waals surface area contributed by atoms with E-state index in [0.717, 1.165) is 49.4 Å². The van der Waals surface area contributed by atoms with E-state index in [1.54, 1.807) is 0 Å². The van der Waals surface area contributed by atoms with Crippen LogP contribution in [0.25, 0.3) is 0 Å². The second kappa shape index (κ2) is 11.8. The molecule has 2 aromatic carbocycles. The van der Waals surface area contributed by atoms with Crippen LogP contribution in [0.5, 0.6) is 17.2 Å². The Morgan fingerprint density at radius 1 is 1.03 bits per heavy atom. The monoisotopic (exact) mass is 470 g/mol. The highest BCUT2D eigenvalue weighted by Crippen LogP contribution is 2.42. The molecule has 2 aromatic rings. The molecule has 0 aliphatic carbocycles. The molecular formula is C23H32Cl2N2O4. The van der Waals surface area contributed by atoms with Crippen molar-refractivity contribution in [1.29, 1.82) is 0 Å². The normalized spacial score (nSPS) is 21.5. The third-order valence-electron chi connectivity index (χ3n) is 6.18. The molecule has 0 spiro atoms. The Morgan fingerprint density at radius 2 is 1.74 bits per heavy atom. The highest BCUT2D eigenvalue weighted by molar-refractivity contribution is 5.85. The minimum atomic E-state index is -0.229. The number of phenolic OH excluding ortho intramolecular Hbond substituents is 2. The number of nitrogens with zero attached hydrogens (tertiary/aromatic N) is 1. The second-order valence-electron chi connectivity index (χ2n) is 7.94. The zero-order valence-electron chi connectivity index (χ0n) is 17.5. The van der Waals surface area contributed by atoms with E-state index in [9.17, 15) is 10.2 Å². The second-order valence-corrected chi connectivity index (χ2v) is 7.94. The number of benzene rings is 2. The Bertz CT molecular complexity index is 817. The third kappa shape index (κ3) is 5.96. The summed E-state index contributed by atoms with van der Waals surface area (Å²) in [6, 6.07) is 13.2. The molecule has 172 valence electrons. The van der Waals surface area contributed by atoms with E-state index >= 15 is 0 Å². The van der Waals surface area contributed by atoms with Crippen LogP contribution in [0, 0.1) is 5.92 Å². The SMILES string of the molecule is Cl.Cl.NC[C@@H]1O[C@H](C2CCN(CCOc3ccccc3)CC2)Cc2c1ccc(O)c2O. The van der Waals surface area contributed by atoms with Crippen molar-refractivity contribution in [2.75, 3.05) is 32.8 Å². The number of ether oxygens (including phenoxy) is 2. The first kappa shape index (κ1) is 25.6. The third-order valence-corrected chi connectivity index (χ3v) is 6.18. The molecule has 4 N–H and O–H groups in total. The van der Waals surface area contributed by atoms with Gasteiger partial charge in [0.15, 0.2) is 11.5 Å². The zero-order valence-corrected chi connectivity index (χ0v) is 19.1. The molecule has 0 radical (unpaired) electrons. The minimum Gasteiger partial charge on any atom is -0.504 e. The van der Waals surface area contributed by atoms with Crippen LogP contribution in [0.3, 0.4) is 0 Å². The molecule has 1 fully saturated rings. The number of piperidine rings is 1. The summed E-state index contributed by atoms with van der Waals surface area (Å²) in [5.41, 5.74) is 7.62. The Labute approximate surface area is 196 Å². The lowest BCUT2D eigenvalue weighted by molar-refractivity contribution is -0.0650. The number of halogens is 2. The van der Waals surface area contributed by atoms with Crippen LogP contribution in [0.4, 0.5) is 0 Å². The molecule has 0 unspecified atom stereocenters. The highest BCUT2D eigenvalue weighted by atomic mass is 35.5.